The zero-order valence-corrected chi connectivity index (χ0v) is 14.9. The molecular weight excluding hydrogens is 300 g/mol. The third-order valence-electron chi connectivity index (χ3n) is 3.95. The molecule has 1 amide bonds. The fourth-order valence-corrected chi connectivity index (χ4v) is 2.40. The van der Waals surface area contributed by atoms with Crippen LogP contribution < -0.4 is 10.1 Å². The van der Waals surface area contributed by atoms with Gasteiger partial charge in [-0.15, -0.1) is 0 Å². The summed E-state index contributed by atoms with van der Waals surface area (Å²) in [5.41, 5.74) is 3.05. The molecule has 0 unspecified atom stereocenters. The van der Waals surface area contributed by atoms with Gasteiger partial charge in [0, 0.05) is 24.4 Å². The van der Waals surface area contributed by atoms with Gasteiger partial charge in [-0.2, -0.15) is 0 Å². The van der Waals surface area contributed by atoms with Gasteiger partial charge in [-0.05, 0) is 24.1 Å². The fraction of sp³-hybridized carbons (Fsp3) is 0.400. The van der Waals surface area contributed by atoms with Crippen molar-refractivity contribution < 1.29 is 9.53 Å². The van der Waals surface area contributed by atoms with Crippen LogP contribution >= 0.6 is 0 Å². The van der Waals surface area contributed by atoms with E-state index in [1.807, 2.05) is 12.1 Å². The lowest BCUT2D eigenvalue weighted by Crippen LogP contribution is -2.35. The van der Waals surface area contributed by atoms with E-state index in [1.54, 1.807) is 13.1 Å². The number of ether oxygens (including phenoxy) is 1. The SMILES string of the molecule is CCCOc1ccc(-c2ccc(C(C)(C)CNC(C)=O)cc2)nc1. The summed E-state index contributed by atoms with van der Waals surface area (Å²) in [4.78, 5) is 15.6. The molecule has 0 aliphatic carbocycles. The Kier molecular flexibility index (Phi) is 5.96. The summed E-state index contributed by atoms with van der Waals surface area (Å²) in [5.74, 6) is 0.794. The molecule has 24 heavy (non-hydrogen) atoms. The Morgan fingerprint density at radius 1 is 1.17 bits per heavy atom. The molecular formula is C20H26N2O2. The molecule has 4 nitrogen and oxygen atoms in total. The third-order valence-corrected chi connectivity index (χ3v) is 3.95. The van der Waals surface area contributed by atoms with Crippen molar-refractivity contribution in [3.8, 4) is 17.0 Å². The molecule has 2 rings (SSSR count). The number of pyridine rings is 1. The van der Waals surface area contributed by atoms with Crippen LogP contribution in [0.1, 0.15) is 39.7 Å². The van der Waals surface area contributed by atoms with Gasteiger partial charge in [0.2, 0.25) is 5.91 Å². The number of carbonyl (C=O) groups excluding carboxylic acids is 1. The molecule has 0 fully saturated rings. The summed E-state index contributed by atoms with van der Waals surface area (Å²) in [6, 6.07) is 12.3. The number of benzene rings is 1. The van der Waals surface area contributed by atoms with Gasteiger partial charge < -0.3 is 10.1 Å². The van der Waals surface area contributed by atoms with E-state index >= 15 is 0 Å². The van der Waals surface area contributed by atoms with Crippen molar-refractivity contribution in [2.45, 2.75) is 39.5 Å². The second-order valence-corrected chi connectivity index (χ2v) is 6.60. The maximum Gasteiger partial charge on any atom is 0.216 e. The molecule has 2 aromatic rings. The first-order chi connectivity index (χ1) is 11.4. The zero-order valence-electron chi connectivity index (χ0n) is 14.9. The maximum atomic E-state index is 11.1. The summed E-state index contributed by atoms with van der Waals surface area (Å²) >= 11 is 0. The molecule has 1 aromatic heterocycles. The number of aromatic nitrogens is 1. The second-order valence-electron chi connectivity index (χ2n) is 6.60. The largest absolute Gasteiger partial charge is 0.492 e. The Bertz CT molecular complexity index is 661. The predicted molar refractivity (Wildman–Crippen MR) is 97.2 cm³/mol. The lowest BCUT2D eigenvalue weighted by atomic mass is 9.84. The van der Waals surface area contributed by atoms with E-state index in [4.69, 9.17) is 4.74 Å². The van der Waals surface area contributed by atoms with Gasteiger partial charge in [0.1, 0.15) is 5.75 Å². The summed E-state index contributed by atoms with van der Waals surface area (Å²) in [6.07, 6.45) is 2.75. The molecule has 0 saturated carbocycles. The minimum absolute atomic E-state index is 0.00530. The molecule has 0 saturated heterocycles. The number of hydrogen-bond donors (Lipinski definition) is 1. The van der Waals surface area contributed by atoms with Crippen LogP contribution in [0.4, 0.5) is 0 Å². The lowest BCUT2D eigenvalue weighted by Gasteiger charge is -2.25. The van der Waals surface area contributed by atoms with Gasteiger partial charge in [-0.25, -0.2) is 0 Å². The van der Waals surface area contributed by atoms with Gasteiger partial charge in [-0.1, -0.05) is 45.0 Å². The number of amides is 1. The Balaban J connectivity index is 2.09. The standard InChI is InChI=1S/C20H26N2O2/c1-5-12-24-18-10-11-19(21-13-18)16-6-8-17(9-7-16)20(3,4)14-22-15(2)23/h6-11,13H,5,12,14H2,1-4H3,(H,22,23). The zero-order chi connectivity index (χ0) is 17.6. The molecule has 1 heterocycles. The third kappa shape index (κ3) is 4.82. The van der Waals surface area contributed by atoms with Gasteiger partial charge in [0.05, 0.1) is 18.5 Å². The van der Waals surface area contributed by atoms with Crippen LogP contribution in [-0.4, -0.2) is 24.0 Å². The monoisotopic (exact) mass is 326 g/mol. The molecule has 128 valence electrons. The average molecular weight is 326 g/mol. The number of rotatable bonds is 7. The number of nitrogens with zero attached hydrogens (tertiary/aromatic N) is 1. The van der Waals surface area contributed by atoms with Crippen molar-refractivity contribution in [3.63, 3.8) is 0 Å². The number of nitrogens with one attached hydrogen (secondary N) is 1. The highest BCUT2D eigenvalue weighted by Crippen LogP contribution is 2.26. The van der Waals surface area contributed by atoms with E-state index in [9.17, 15) is 4.79 Å². The number of hydrogen-bond acceptors (Lipinski definition) is 3. The minimum atomic E-state index is -0.116. The van der Waals surface area contributed by atoms with Gasteiger partial charge in [0.25, 0.3) is 0 Å². The van der Waals surface area contributed by atoms with E-state index in [0.29, 0.717) is 13.2 Å². The predicted octanol–water partition coefficient (Wildman–Crippen LogP) is 3.95. The van der Waals surface area contributed by atoms with Crippen molar-refractivity contribution in [1.82, 2.24) is 10.3 Å². The van der Waals surface area contributed by atoms with Crippen LogP contribution in [0.3, 0.4) is 0 Å². The van der Waals surface area contributed by atoms with Crippen LogP contribution in [0, 0.1) is 0 Å². The van der Waals surface area contributed by atoms with Crippen LogP contribution in [-0.2, 0) is 10.2 Å². The van der Waals surface area contributed by atoms with Gasteiger partial charge >= 0.3 is 0 Å². The van der Waals surface area contributed by atoms with Crippen LogP contribution in [0.2, 0.25) is 0 Å². The summed E-state index contributed by atoms with van der Waals surface area (Å²) in [7, 11) is 0. The molecule has 4 heteroatoms. The van der Waals surface area contributed by atoms with Crippen molar-refractivity contribution in [2.24, 2.45) is 0 Å². The first kappa shape index (κ1) is 18.0. The van der Waals surface area contributed by atoms with E-state index in [-0.39, 0.29) is 11.3 Å². The molecule has 1 aromatic carbocycles. The quantitative estimate of drug-likeness (QED) is 0.838. The highest BCUT2D eigenvalue weighted by molar-refractivity contribution is 5.73. The highest BCUT2D eigenvalue weighted by atomic mass is 16.5. The first-order valence-corrected chi connectivity index (χ1v) is 8.36. The fourth-order valence-electron chi connectivity index (χ4n) is 2.40. The molecule has 0 bridgehead atoms. The second kappa shape index (κ2) is 7.95. The lowest BCUT2D eigenvalue weighted by molar-refractivity contribution is -0.119. The topological polar surface area (TPSA) is 51.2 Å². The summed E-state index contributed by atoms with van der Waals surface area (Å²) in [5, 5.41) is 2.89. The van der Waals surface area contributed by atoms with Crippen molar-refractivity contribution in [1.29, 1.82) is 0 Å². The Morgan fingerprint density at radius 3 is 2.42 bits per heavy atom. The van der Waals surface area contributed by atoms with Crippen LogP contribution in [0.5, 0.6) is 5.75 Å². The molecule has 0 aliphatic heterocycles. The van der Waals surface area contributed by atoms with Gasteiger partial charge in [-0.3, -0.25) is 9.78 Å². The highest BCUT2D eigenvalue weighted by Gasteiger charge is 2.20. The molecule has 0 aliphatic rings. The minimum Gasteiger partial charge on any atom is -0.492 e. The normalized spacial score (nSPS) is 11.2. The first-order valence-electron chi connectivity index (χ1n) is 8.36. The van der Waals surface area contributed by atoms with Crippen molar-refractivity contribution in [2.75, 3.05) is 13.2 Å². The molecule has 0 atom stereocenters. The molecule has 0 radical (unpaired) electrons. The maximum absolute atomic E-state index is 11.1. The average Bonchev–Trinajstić information content (AvgIpc) is 2.59. The summed E-state index contributed by atoms with van der Waals surface area (Å²) < 4.78 is 5.56. The Morgan fingerprint density at radius 2 is 1.88 bits per heavy atom. The Labute approximate surface area is 144 Å². The van der Waals surface area contributed by atoms with E-state index in [1.165, 1.54) is 5.56 Å². The number of carbonyl (C=O) groups is 1. The Hall–Kier alpha value is -2.36. The van der Waals surface area contributed by atoms with E-state index in [0.717, 1.165) is 23.4 Å². The van der Waals surface area contributed by atoms with Gasteiger partial charge in [0.15, 0.2) is 0 Å². The smallest absolute Gasteiger partial charge is 0.216 e. The van der Waals surface area contributed by atoms with Crippen LogP contribution in [0.15, 0.2) is 42.6 Å². The van der Waals surface area contributed by atoms with E-state index in [2.05, 4.69) is 55.3 Å². The summed E-state index contributed by atoms with van der Waals surface area (Å²) in [6.45, 7) is 9.18. The molecule has 1 N–H and O–H groups in total. The molecule has 0 spiro atoms. The van der Waals surface area contributed by atoms with E-state index < -0.39 is 0 Å². The van der Waals surface area contributed by atoms with Crippen molar-refractivity contribution in [3.05, 3.63) is 48.2 Å². The van der Waals surface area contributed by atoms with Crippen LogP contribution in [0.25, 0.3) is 11.3 Å². The van der Waals surface area contributed by atoms with Crippen molar-refractivity contribution >= 4 is 5.91 Å².